The largest absolute Gasteiger partial charge is 0.321 e. The van der Waals surface area contributed by atoms with Crippen LogP contribution in [0, 0.1) is 35.3 Å². The lowest BCUT2D eigenvalue weighted by Crippen LogP contribution is -2.13. The Morgan fingerprint density at radius 1 is 1.06 bits per heavy atom. The number of hydrogen-bond donors (Lipinski definition) is 1. The van der Waals surface area contributed by atoms with Crippen molar-refractivity contribution >= 4 is 46.0 Å². The quantitative estimate of drug-likeness (QED) is 0.147. The van der Waals surface area contributed by atoms with Crippen LogP contribution in [0.15, 0.2) is 88.3 Å². The second-order valence-corrected chi connectivity index (χ2v) is 9.00. The summed E-state index contributed by atoms with van der Waals surface area (Å²) in [6, 6.07) is 21.5. The van der Waals surface area contributed by atoms with E-state index in [1.165, 1.54) is 23.9 Å². The Kier molecular flexibility index (Phi) is 6.90. The molecule has 0 spiro atoms. The molecule has 3 aromatic carbocycles. The van der Waals surface area contributed by atoms with Gasteiger partial charge in [0.05, 0.1) is 15.3 Å². The van der Waals surface area contributed by atoms with Crippen LogP contribution >= 0.6 is 11.8 Å². The smallest absolute Gasteiger partial charge is 0.283 e. The number of nitro benzene ring substituents is 1. The first-order chi connectivity index (χ1) is 16.8. The van der Waals surface area contributed by atoms with Crippen LogP contribution in [0.3, 0.4) is 0 Å². The molecule has 4 aromatic rings. The summed E-state index contributed by atoms with van der Waals surface area (Å²) < 4.78 is 0. The highest BCUT2D eigenvalue weighted by molar-refractivity contribution is 7.99. The highest BCUT2D eigenvalue weighted by atomic mass is 32.2. The number of carbonyl (C=O) groups excluding carboxylic acids is 1. The van der Waals surface area contributed by atoms with Gasteiger partial charge in [0, 0.05) is 28.2 Å². The maximum absolute atomic E-state index is 12.7. The predicted octanol–water partition coefficient (Wildman–Crippen LogP) is 6.46. The van der Waals surface area contributed by atoms with Crippen LogP contribution in [-0.2, 0) is 4.79 Å². The SMILES string of the molecule is Cc1cc(C)cc(NC(=O)/C(C#N)=C/c2ccc(Sc3cccc4cccnc34)c([N+](=O)[O-])c2)c1. The first-order valence-electron chi connectivity index (χ1n) is 10.7. The summed E-state index contributed by atoms with van der Waals surface area (Å²) in [7, 11) is 0. The molecule has 8 heteroatoms. The second kappa shape index (κ2) is 10.2. The minimum absolute atomic E-state index is 0.122. The minimum Gasteiger partial charge on any atom is -0.321 e. The number of rotatable bonds is 6. The number of hydrogen-bond acceptors (Lipinski definition) is 6. The summed E-state index contributed by atoms with van der Waals surface area (Å²) in [5, 5.41) is 25.0. The van der Waals surface area contributed by atoms with E-state index < -0.39 is 10.8 Å². The number of nitro groups is 1. The van der Waals surface area contributed by atoms with Crippen molar-refractivity contribution in [3.05, 3.63) is 105 Å². The summed E-state index contributed by atoms with van der Waals surface area (Å²) in [5.41, 5.74) is 3.40. The van der Waals surface area contributed by atoms with Gasteiger partial charge in [0.2, 0.25) is 0 Å². The van der Waals surface area contributed by atoms with Crippen LogP contribution < -0.4 is 5.32 Å². The molecule has 35 heavy (non-hydrogen) atoms. The first kappa shape index (κ1) is 23.7. The number of aromatic nitrogens is 1. The number of nitrogens with zero attached hydrogens (tertiary/aromatic N) is 3. The number of amides is 1. The molecule has 0 fully saturated rings. The fourth-order valence-corrected chi connectivity index (χ4v) is 4.72. The fraction of sp³-hybridized carbons (Fsp3) is 0.0741. The maximum atomic E-state index is 12.7. The number of para-hydroxylation sites is 1. The highest BCUT2D eigenvalue weighted by Crippen LogP contribution is 2.38. The summed E-state index contributed by atoms with van der Waals surface area (Å²) in [6.45, 7) is 3.83. The Labute approximate surface area is 206 Å². The monoisotopic (exact) mass is 480 g/mol. The molecule has 7 nitrogen and oxygen atoms in total. The third-order valence-electron chi connectivity index (χ3n) is 5.15. The molecule has 1 N–H and O–H groups in total. The molecular weight excluding hydrogens is 460 g/mol. The number of benzene rings is 3. The van der Waals surface area contributed by atoms with E-state index in [0.29, 0.717) is 16.1 Å². The molecule has 172 valence electrons. The van der Waals surface area contributed by atoms with Crippen LogP contribution in [0.5, 0.6) is 0 Å². The van der Waals surface area contributed by atoms with Crippen molar-refractivity contribution in [1.82, 2.24) is 4.98 Å². The molecule has 4 rings (SSSR count). The summed E-state index contributed by atoms with van der Waals surface area (Å²) in [5.74, 6) is -0.583. The molecular formula is C27H20N4O3S. The average molecular weight is 481 g/mol. The van der Waals surface area contributed by atoms with E-state index in [9.17, 15) is 20.2 Å². The number of nitrogens with one attached hydrogen (secondary N) is 1. The van der Waals surface area contributed by atoms with Gasteiger partial charge in [-0.3, -0.25) is 19.9 Å². The van der Waals surface area contributed by atoms with Crippen molar-refractivity contribution in [3.63, 3.8) is 0 Å². The molecule has 0 aliphatic carbocycles. The Balaban J connectivity index is 1.64. The average Bonchev–Trinajstić information content (AvgIpc) is 2.82. The number of carbonyl (C=O) groups is 1. The molecule has 0 bridgehead atoms. The molecule has 1 heterocycles. The van der Waals surface area contributed by atoms with E-state index in [2.05, 4.69) is 10.3 Å². The van der Waals surface area contributed by atoms with Gasteiger partial charge in [-0.1, -0.05) is 42.1 Å². The molecule has 1 aromatic heterocycles. The fourth-order valence-electron chi connectivity index (χ4n) is 3.69. The molecule has 0 aliphatic rings. The molecule has 0 unspecified atom stereocenters. The van der Waals surface area contributed by atoms with Gasteiger partial charge in [-0.2, -0.15) is 5.26 Å². The van der Waals surface area contributed by atoms with E-state index in [4.69, 9.17) is 0 Å². The third-order valence-corrected chi connectivity index (χ3v) is 6.27. The zero-order chi connectivity index (χ0) is 24.9. The molecule has 0 atom stereocenters. The number of aryl methyl sites for hydroxylation is 2. The van der Waals surface area contributed by atoms with Crippen molar-refractivity contribution in [2.45, 2.75) is 23.6 Å². The van der Waals surface area contributed by atoms with Gasteiger partial charge >= 0.3 is 0 Å². The Morgan fingerprint density at radius 3 is 2.51 bits per heavy atom. The number of fused-ring (bicyclic) bond motifs is 1. The zero-order valence-electron chi connectivity index (χ0n) is 19.0. The Morgan fingerprint density at radius 2 is 1.80 bits per heavy atom. The van der Waals surface area contributed by atoms with E-state index in [1.54, 1.807) is 30.5 Å². The third kappa shape index (κ3) is 5.54. The van der Waals surface area contributed by atoms with Gasteiger partial charge in [0.1, 0.15) is 11.6 Å². The summed E-state index contributed by atoms with van der Waals surface area (Å²) >= 11 is 1.25. The van der Waals surface area contributed by atoms with E-state index in [1.807, 2.05) is 56.3 Å². The van der Waals surface area contributed by atoms with Gasteiger partial charge < -0.3 is 5.32 Å². The van der Waals surface area contributed by atoms with E-state index in [0.717, 1.165) is 26.9 Å². The Bertz CT molecular complexity index is 1510. The van der Waals surface area contributed by atoms with Crippen LogP contribution in [0.1, 0.15) is 16.7 Å². The normalized spacial score (nSPS) is 11.2. The van der Waals surface area contributed by atoms with Crippen LogP contribution in [0.4, 0.5) is 11.4 Å². The van der Waals surface area contributed by atoms with E-state index in [-0.39, 0.29) is 11.3 Å². The molecule has 0 radical (unpaired) electrons. The number of pyridine rings is 1. The molecule has 0 saturated carbocycles. The minimum atomic E-state index is -0.583. The zero-order valence-corrected chi connectivity index (χ0v) is 19.8. The predicted molar refractivity (Wildman–Crippen MR) is 137 cm³/mol. The van der Waals surface area contributed by atoms with Crippen LogP contribution in [-0.4, -0.2) is 15.8 Å². The topological polar surface area (TPSA) is 109 Å². The first-order valence-corrected chi connectivity index (χ1v) is 11.5. The number of anilines is 1. The molecule has 1 amide bonds. The van der Waals surface area contributed by atoms with Gasteiger partial charge in [-0.25, -0.2) is 0 Å². The van der Waals surface area contributed by atoms with Gasteiger partial charge in [-0.15, -0.1) is 0 Å². The van der Waals surface area contributed by atoms with Gasteiger partial charge in [0.25, 0.3) is 11.6 Å². The second-order valence-electron chi connectivity index (χ2n) is 7.92. The van der Waals surface area contributed by atoms with Crippen molar-refractivity contribution in [3.8, 4) is 6.07 Å². The van der Waals surface area contributed by atoms with Gasteiger partial charge in [0.15, 0.2) is 0 Å². The maximum Gasteiger partial charge on any atom is 0.283 e. The van der Waals surface area contributed by atoms with E-state index >= 15 is 0 Å². The van der Waals surface area contributed by atoms with Crippen LogP contribution in [0.2, 0.25) is 0 Å². The van der Waals surface area contributed by atoms with Crippen molar-refractivity contribution in [2.24, 2.45) is 0 Å². The van der Waals surface area contributed by atoms with Crippen LogP contribution in [0.25, 0.3) is 17.0 Å². The molecule has 0 saturated heterocycles. The summed E-state index contributed by atoms with van der Waals surface area (Å²) in [4.78, 5) is 29.7. The van der Waals surface area contributed by atoms with Crippen molar-refractivity contribution in [2.75, 3.05) is 5.32 Å². The standard InChI is InChI=1S/C27H20N4O3S/c1-17-11-18(2)13-22(12-17)30-27(32)21(16-28)14-19-8-9-24(23(15-19)31(33)34)35-25-7-3-5-20-6-4-10-29-26(20)25/h3-15H,1-2H3,(H,30,32)/b21-14+. The van der Waals surface area contributed by atoms with Crippen molar-refractivity contribution in [1.29, 1.82) is 5.26 Å². The lowest BCUT2D eigenvalue weighted by atomic mass is 10.1. The number of nitriles is 1. The lowest BCUT2D eigenvalue weighted by Gasteiger charge is -2.08. The Hall–Kier alpha value is -4.48. The molecule has 0 aliphatic heterocycles. The highest BCUT2D eigenvalue weighted by Gasteiger charge is 2.18. The van der Waals surface area contributed by atoms with Crippen molar-refractivity contribution < 1.29 is 9.72 Å². The van der Waals surface area contributed by atoms with Gasteiger partial charge in [-0.05, 0) is 66.9 Å². The lowest BCUT2D eigenvalue weighted by molar-refractivity contribution is -0.387. The summed E-state index contributed by atoms with van der Waals surface area (Å²) in [6.07, 6.45) is 3.03.